The van der Waals surface area contributed by atoms with Gasteiger partial charge in [0.1, 0.15) is 0 Å². The molecule has 46 valence electrons. The minimum Gasteiger partial charge on any atom is -0.258 e. The topological polar surface area (TPSA) is 12.9 Å². The summed E-state index contributed by atoms with van der Waals surface area (Å²) in [4.78, 5) is 4.11. The number of hydrogen-bond acceptors (Lipinski definition) is 1. The minimum atomic E-state index is 1.01. The van der Waals surface area contributed by atoms with Crippen LogP contribution in [0.4, 0.5) is 0 Å². The van der Waals surface area contributed by atoms with Crippen molar-refractivity contribution in [3.8, 4) is 0 Å². The molecule has 0 spiro atoms. The van der Waals surface area contributed by atoms with Gasteiger partial charge in [-0.25, -0.2) is 0 Å². The Morgan fingerprint density at radius 1 is 1.56 bits per heavy atom. The van der Waals surface area contributed by atoms with Gasteiger partial charge in [0.15, 0.2) is 7.28 Å². The van der Waals surface area contributed by atoms with Crippen LogP contribution in [0, 0.1) is 0 Å². The van der Waals surface area contributed by atoms with Crippen LogP contribution in [-0.4, -0.2) is 12.3 Å². The van der Waals surface area contributed by atoms with Crippen LogP contribution in [0.25, 0.3) is 0 Å². The van der Waals surface area contributed by atoms with E-state index in [9.17, 15) is 0 Å². The van der Waals surface area contributed by atoms with Crippen molar-refractivity contribution in [2.75, 3.05) is 0 Å². The molecule has 1 heterocycles. The third-order valence-electron chi connectivity index (χ3n) is 1.26. The number of rotatable bonds is 1. The van der Waals surface area contributed by atoms with E-state index in [1.165, 1.54) is 5.46 Å². The zero-order valence-corrected chi connectivity index (χ0v) is 6.62. The highest BCUT2D eigenvalue weighted by atomic mass is 31.0. The summed E-state index contributed by atoms with van der Waals surface area (Å²) in [6.45, 7) is 2.12. The van der Waals surface area contributed by atoms with Crippen LogP contribution in [0.3, 0.4) is 0 Å². The van der Waals surface area contributed by atoms with Gasteiger partial charge in [-0.05, 0) is 6.07 Å². The molecule has 1 aromatic rings. The smallest absolute Gasteiger partial charge is 0.156 e. The van der Waals surface area contributed by atoms with E-state index in [2.05, 4.69) is 27.1 Å². The van der Waals surface area contributed by atoms with E-state index in [0.717, 1.165) is 12.7 Å². The quantitative estimate of drug-likeness (QED) is 0.382. The first-order valence-corrected chi connectivity index (χ1v) is 3.61. The number of pyridine rings is 1. The maximum absolute atomic E-state index is 4.11. The maximum atomic E-state index is 4.11. The second-order valence-electron chi connectivity index (χ2n) is 1.94. The normalized spacial score (nSPS) is 9.11. The zero-order chi connectivity index (χ0) is 6.69. The molecular formula is C6H9BNP. The summed E-state index contributed by atoms with van der Waals surface area (Å²) < 4.78 is 0. The van der Waals surface area contributed by atoms with E-state index >= 15 is 0 Å². The van der Waals surface area contributed by atoms with Crippen LogP contribution < -0.4 is 10.9 Å². The Morgan fingerprint density at radius 2 is 2.33 bits per heavy atom. The summed E-state index contributed by atoms with van der Waals surface area (Å²) in [5, 5.41) is 0. The molecule has 0 saturated heterocycles. The molecule has 0 aliphatic heterocycles. The Balaban J connectivity index is 2.88. The summed E-state index contributed by atoms with van der Waals surface area (Å²) in [7, 11) is 3.63. The Labute approximate surface area is 58.3 Å². The first kappa shape index (κ1) is 6.76. The van der Waals surface area contributed by atoms with Crippen molar-refractivity contribution in [1.29, 1.82) is 0 Å². The molecule has 0 aromatic carbocycles. The Bertz CT molecular complexity index is 185. The third-order valence-corrected chi connectivity index (χ3v) is 1.60. The predicted molar refractivity (Wildman–Crippen MR) is 46.2 cm³/mol. The summed E-state index contributed by atoms with van der Waals surface area (Å²) in [5.41, 5.74) is 2.30. The third kappa shape index (κ3) is 1.80. The van der Waals surface area contributed by atoms with Gasteiger partial charge in [0, 0.05) is 6.20 Å². The Hall–Kier alpha value is -0.355. The molecule has 3 heteroatoms. The molecule has 9 heavy (non-hydrogen) atoms. The predicted octanol–water partition coefficient (Wildman–Crippen LogP) is -0.308. The number of aromatic nitrogens is 1. The van der Waals surface area contributed by atoms with E-state index in [0.29, 0.717) is 0 Å². The van der Waals surface area contributed by atoms with E-state index in [-0.39, 0.29) is 0 Å². The van der Waals surface area contributed by atoms with Gasteiger partial charge in [-0.1, -0.05) is 27.6 Å². The van der Waals surface area contributed by atoms with E-state index in [4.69, 9.17) is 0 Å². The van der Waals surface area contributed by atoms with Gasteiger partial charge in [-0.15, -0.1) is 0 Å². The molecule has 1 rings (SSSR count). The maximum Gasteiger partial charge on any atom is 0.156 e. The van der Waals surface area contributed by atoms with Crippen molar-refractivity contribution in [2.24, 2.45) is 0 Å². The van der Waals surface area contributed by atoms with Crippen LogP contribution in [0.1, 0.15) is 0 Å². The van der Waals surface area contributed by atoms with E-state index in [1.54, 1.807) is 0 Å². The molecule has 1 nitrogen and oxygen atoms in total. The molecular weight excluding hydrogens is 128 g/mol. The van der Waals surface area contributed by atoms with Crippen molar-refractivity contribution in [3.63, 3.8) is 0 Å². The second kappa shape index (κ2) is 2.98. The highest BCUT2D eigenvalue weighted by molar-refractivity contribution is 7.26. The average molecular weight is 137 g/mol. The van der Waals surface area contributed by atoms with Crippen molar-refractivity contribution < 1.29 is 0 Å². The lowest BCUT2D eigenvalue weighted by atomic mass is 9.74. The van der Waals surface area contributed by atoms with Crippen LogP contribution in [-0.2, 0) is 0 Å². The molecule has 0 radical (unpaired) electrons. The van der Waals surface area contributed by atoms with Crippen LogP contribution in [0.5, 0.6) is 0 Å². The van der Waals surface area contributed by atoms with Crippen LogP contribution in [0.15, 0.2) is 18.3 Å². The largest absolute Gasteiger partial charge is 0.258 e. The highest BCUT2D eigenvalue weighted by Crippen LogP contribution is 1.80. The molecule has 0 bridgehead atoms. The van der Waals surface area contributed by atoms with E-state index in [1.807, 2.05) is 12.3 Å². The molecule has 0 aliphatic carbocycles. The SMILES string of the molecule is CBc1ccc(P)nc1. The van der Waals surface area contributed by atoms with Gasteiger partial charge in [-0.3, -0.25) is 4.98 Å². The van der Waals surface area contributed by atoms with Crippen molar-refractivity contribution in [2.45, 2.75) is 6.82 Å². The molecule has 0 fully saturated rings. The lowest BCUT2D eigenvalue weighted by Crippen LogP contribution is -2.13. The first-order valence-electron chi connectivity index (χ1n) is 3.03. The molecule has 0 N–H and O–H groups in total. The lowest BCUT2D eigenvalue weighted by Gasteiger charge is -1.92. The average Bonchev–Trinajstić information content (AvgIpc) is 1.90. The standard InChI is InChI=1S/C6H9BNP/c1-7-5-2-3-6(9)8-4-5/h2-4,7H,9H2,1H3. The number of hydrogen-bond donors (Lipinski definition) is 0. The summed E-state index contributed by atoms with van der Waals surface area (Å²) in [6, 6.07) is 4.10. The zero-order valence-electron chi connectivity index (χ0n) is 5.46. The minimum absolute atomic E-state index is 1.01. The van der Waals surface area contributed by atoms with E-state index < -0.39 is 0 Å². The fourth-order valence-electron chi connectivity index (χ4n) is 0.645. The monoisotopic (exact) mass is 137 g/mol. The summed E-state index contributed by atoms with van der Waals surface area (Å²) in [5.74, 6) is 0. The first-order chi connectivity index (χ1) is 4.33. The van der Waals surface area contributed by atoms with Gasteiger partial charge in [0.25, 0.3) is 0 Å². The molecule has 1 atom stereocenters. The van der Waals surface area contributed by atoms with Crippen molar-refractivity contribution >= 4 is 27.4 Å². The van der Waals surface area contributed by atoms with Crippen LogP contribution >= 0.6 is 9.24 Å². The molecule has 0 amide bonds. The van der Waals surface area contributed by atoms with Crippen LogP contribution in [0.2, 0.25) is 6.82 Å². The second-order valence-corrected chi connectivity index (χ2v) is 2.54. The highest BCUT2D eigenvalue weighted by Gasteiger charge is 1.87. The van der Waals surface area contributed by atoms with Gasteiger partial charge in [0.2, 0.25) is 0 Å². The van der Waals surface area contributed by atoms with Gasteiger partial charge < -0.3 is 0 Å². The Morgan fingerprint density at radius 3 is 2.78 bits per heavy atom. The molecule has 1 aromatic heterocycles. The van der Waals surface area contributed by atoms with Gasteiger partial charge >= 0.3 is 0 Å². The van der Waals surface area contributed by atoms with Crippen molar-refractivity contribution in [3.05, 3.63) is 18.3 Å². The molecule has 0 aliphatic rings. The fraction of sp³-hybridized carbons (Fsp3) is 0.167. The number of nitrogens with zero attached hydrogens (tertiary/aromatic N) is 1. The fourth-order valence-corrected chi connectivity index (χ4v) is 0.816. The van der Waals surface area contributed by atoms with Crippen molar-refractivity contribution in [1.82, 2.24) is 4.98 Å². The Kier molecular flexibility index (Phi) is 2.24. The lowest BCUT2D eigenvalue weighted by molar-refractivity contribution is 1.42. The van der Waals surface area contributed by atoms with Gasteiger partial charge in [-0.2, -0.15) is 0 Å². The summed E-state index contributed by atoms with van der Waals surface area (Å²) >= 11 is 0. The van der Waals surface area contributed by atoms with Gasteiger partial charge in [0.05, 0.1) is 5.44 Å². The molecule has 0 saturated carbocycles. The summed E-state index contributed by atoms with van der Waals surface area (Å²) in [6.07, 6.45) is 1.91. The molecule has 1 unspecified atom stereocenters.